The molecule has 1 aromatic carbocycles. The molecular weight excluding hydrogens is 386 g/mol. The van der Waals surface area contributed by atoms with Gasteiger partial charge in [0.1, 0.15) is 5.01 Å². The average molecular weight is 412 g/mol. The third-order valence-electron chi connectivity index (χ3n) is 5.24. The van der Waals surface area contributed by atoms with Crippen LogP contribution >= 0.6 is 22.7 Å². The van der Waals surface area contributed by atoms with E-state index in [0.29, 0.717) is 6.42 Å². The van der Waals surface area contributed by atoms with Crippen LogP contribution in [-0.2, 0) is 17.8 Å². The summed E-state index contributed by atoms with van der Waals surface area (Å²) in [5, 5.41) is 9.19. The van der Waals surface area contributed by atoms with Crippen LogP contribution in [-0.4, -0.2) is 17.4 Å². The van der Waals surface area contributed by atoms with E-state index in [1.807, 2.05) is 4.90 Å². The molecule has 6 heteroatoms. The van der Waals surface area contributed by atoms with Gasteiger partial charge in [0.25, 0.3) is 0 Å². The number of nitrogens with one attached hydrogen (secondary N) is 1. The van der Waals surface area contributed by atoms with Crippen LogP contribution in [0.1, 0.15) is 45.6 Å². The minimum absolute atomic E-state index is 0.201. The Morgan fingerprint density at radius 3 is 2.61 bits per heavy atom. The maximum absolute atomic E-state index is 11.9. The van der Waals surface area contributed by atoms with Gasteiger partial charge in [-0.3, -0.25) is 4.79 Å². The zero-order valence-electron chi connectivity index (χ0n) is 16.3. The third kappa shape index (κ3) is 4.35. The van der Waals surface area contributed by atoms with Crippen LogP contribution < -0.4 is 10.2 Å². The van der Waals surface area contributed by atoms with Gasteiger partial charge < -0.3 is 10.2 Å². The molecule has 1 saturated heterocycles. The maximum Gasteiger partial charge on any atom is 0.227 e. The first-order valence-corrected chi connectivity index (χ1v) is 11.4. The van der Waals surface area contributed by atoms with Crippen LogP contribution in [0.3, 0.4) is 0 Å². The summed E-state index contributed by atoms with van der Waals surface area (Å²) in [4.78, 5) is 19.9. The fourth-order valence-electron chi connectivity index (χ4n) is 3.49. The number of thiophene rings is 1. The number of benzene rings is 1. The fraction of sp³-hybridized carbons (Fsp3) is 0.364. The molecule has 0 unspecified atom stereocenters. The van der Waals surface area contributed by atoms with E-state index < -0.39 is 0 Å². The lowest BCUT2D eigenvalue weighted by atomic mass is 10.1. The maximum atomic E-state index is 11.9. The number of anilines is 1. The summed E-state index contributed by atoms with van der Waals surface area (Å²) in [5.74, 6) is 0.233. The number of carbonyl (C=O) groups is 1. The van der Waals surface area contributed by atoms with Gasteiger partial charge in [0, 0.05) is 30.1 Å². The highest BCUT2D eigenvalue weighted by Gasteiger charge is 2.21. The van der Waals surface area contributed by atoms with Crippen LogP contribution in [0, 0.1) is 13.8 Å². The highest BCUT2D eigenvalue weighted by atomic mass is 32.1. The van der Waals surface area contributed by atoms with Gasteiger partial charge in [0.2, 0.25) is 5.91 Å². The average Bonchev–Trinajstić information content (AvgIpc) is 3.42. The minimum atomic E-state index is 0.201. The number of aryl methyl sites for hydroxylation is 2. The van der Waals surface area contributed by atoms with Crippen molar-refractivity contribution in [3.63, 3.8) is 0 Å². The van der Waals surface area contributed by atoms with Crippen LogP contribution in [0.15, 0.2) is 41.1 Å². The first-order valence-electron chi connectivity index (χ1n) is 9.68. The molecule has 4 rings (SSSR count). The molecule has 2 aromatic heterocycles. The van der Waals surface area contributed by atoms with Gasteiger partial charge in [-0.25, -0.2) is 4.98 Å². The molecule has 1 aliphatic heterocycles. The molecule has 146 valence electrons. The minimum Gasteiger partial charge on any atom is -0.312 e. The molecule has 0 radical (unpaired) electrons. The van der Waals surface area contributed by atoms with Crippen LogP contribution in [0.4, 0.5) is 5.69 Å². The zero-order chi connectivity index (χ0) is 19.5. The quantitative estimate of drug-likeness (QED) is 0.594. The molecule has 0 bridgehead atoms. The molecule has 1 atom stereocenters. The third-order valence-corrected chi connectivity index (χ3v) is 7.16. The molecule has 4 nitrogen and oxygen atoms in total. The van der Waals surface area contributed by atoms with Gasteiger partial charge in [-0.1, -0.05) is 12.1 Å². The smallest absolute Gasteiger partial charge is 0.227 e. The highest BCUT2D eigenvalue weighted by Crippen LogP contribution is 2.27. The molecule has 3 heterocycles. The van der Waals surface area contributed by atoms with E-state index in [-0.39, 0.29) is 11.9 Å². The summed E-state index contributed by atoms with van der Waals surface area (Å²) < 4.78 is 0. The van der Waals surface area contributed by atoms with Gasteiger partial charge in [0.15, 0.2) is 0 Å². The van der Waals surface area contributed by atoms with Crippen molar-refractivity contribution in [2.24, 2.45) is 0 Å². The standard InChI is InChI=1S/C22H25N3OS2/c1-15-16(2)28-22(24-15)20(12-18-9-11-27-14-18)23-13-17-5-7-19(8-6-17)25-10-3-4-21(25)26/h5-9,11,14,20,23H,3-4,10,12-13H2,1-2H3/t20-/m0/s1. The van der Waals surface area contributed by atoms with Crippen molar-refractivity contribution in [3.8, 4) is 0 Å². The first-order chi connectivity index (χ1) is 13.6. The Bertz CT molecular complexity index is 912. The summed E-state index contributed by atoms with van der Waals surface area (Å²) >= 11 is 3.52. The number of carbonyl (C=O) groups excluding carboxylic acids is 1. The molecule has 0 spiro atoms. The Morgan fingerprint density at radius 2 is 2.00 bits per heavy atom. The van der Waals surface area contributed by atoms with E-state index in [0.717, 1.165) is 42.3 Å². The number of hydrogen-bond donors (Lipinski definition) is 1. The monoisotopic (exact) mass is 411 g/mol. The second kappa shape index (κ2) is 8.55. The molecule has 1 N–H and O–H groups in total. The van der Waals surface area contributed by atoms with Gasteiger partial charge >= 0.3 is 0 Å². The summed E-state index contributed by atoms with van der Waals surface area (Å²) in [6.45, 7) is 5.83. The van der Waals surface area contributed by atoms with E-state index in [9.17, 15) is 4.79 Å². The summed E-state index contributed by atoms with van der Waals surface area (Å²) in [5.41, 5.74) is 4.69. The second-order valence-corrected chi connectivity index (χ2v) is 9.29. The molecule has 0 aliphatic carbocycles. The Hall–Kier alpha value is -2.02. The number of amides is 1. The fourth-order valence-corrected chi connectivity index (χ4v) is 5.17. The molecule has 1 aliphatic rings. The molecule has 1 amide bonds. The molecule has 1 fully saturated rings. The summed E-state index contributed by atoms with van der Waals surface area (Å²) in [6.07, 6.45) is 2.57. The van der Waals surface area contributed by atoms with Crippen molar-refractivity contribution < 1.29 is 4.79 Å². The van der Waals surface area contributed by atoms with Gasteiger partial charge in [-0.2, -0.15) is 11.3 Å². The Morgan fingerprint density at radius 1 is 1.18 bits per heavy atom. The van der Waals surface area contributed by atoms with E-state index >= 15 is 0 Å². The molecule has 28 heavy (non-hydrogen) atoms. The van der Waals surface area contributed by atoms with Crippen molar-refractivity contribution in [1.82, 2.24) is 10.3 Å². The number of thiazole rings is 1. The predicted molar refractivity (Wildman–Crippen MR) is 117 cm³/mol. The van der Waals surface area contributed by atoms with Gasteiger partial charge in [0.05, 0.1) is 11.7 Å². The van der Waals surface area contributed by atoms with Gasteiger partial charge in [-0.15, -0.1) is 11.3 Å². The lowest BCUT2D eigenvalue weighted by Crippen LogP contribution is -2.24. The van der Waals surface area contributed by atoms with Crippen LogP contribution in [0.2, 0.25) is 0 Å². The Labute approximate surface area is 174 Å². The molecule has 0 saturated carbocycles. The lowest BCUT2D eigenvalue weighted by Gasteiger charge is -2.18. The number of nitrogens with zero attached hydrogens (tertiary/aromatic N) is 2. The summed E-state index contributed by atoms with van der Waals surface area (Å²) in [7, 11) is 0. The number of hydrogen-bond acceptors (Lipinski definition) is 5. The Kier molecular flexibility index (Phi) is 5.90. The lowest BCUT2D eigenvalue weighted by molar-refractivity contribution is -0.117. The van der Waals surface area contributed by atoms with E-state index in [2.05, 4.69) is 60.3 Å². The Balaban J connectivity index is 1.45. The SMILES string of the molecule is Cc1nc([C@H](Cc2ccsc2)NCc2ccc(N3CCCC3=O)cc2)sc1C. The van der Waals surface area contributed by atoms with Crippen molar-refractivity contribution in [3.05, 3.63) is 67.8 Å². The van der Waals surface area contributed by atoms with E-state index in [4.69, 9.17) is 4.98 Å². The predicted octanol–water partition coefficient (Wildman–Crippen LogP) is 5.02. The topological polar surface area (TPSA) is 45.2 Å². The second-order valence-electron chi connectivity index (χ2n) is 7.28. The largest absolute Gasteiger partial charge is 0.312 e. The number of rotatable bonds is 7. The van der Waals surface area contributed by atoms with Crippen molar-refractivity contribution in [1.29, 1.82) is 0 Å². The van der Waals surface area contributed by atoms with Gasteiger partial charge in [-0.05, 0) is 66.8 Å². The first kappa shape index (κ1) is 19.3. The number of aromatic nitrogens is 1. The van der Waals surface area contributed by atoms with E-state index in [1.54, 1.807) is 22.7 Å². The van der Waals surface area contributed by atoms with Crippen LogP contribution in [0.5, 0.6) is 0 Å². The normalized spacial score (nSPS) is 15.4. The van der Waals surface area contributed by atoms with Crippen molar-refractivity contribution in [2.75, 3.05) is 11.4 Å². The molecule has 3 aromatic rings. The van der Waals surface area contributed by atoms with Crippen LogP contribution in [0.25, 0.3) is 0 Å². The van der Waals surface area contributed by atoms with Crippen molar-refractivity contribution >= 4 is 34.3 Å². The zero-order valence-corrected chi connectivity index (χ0v) is 17.9. The highest BCUT2D eigenvalue weighted by molar-refractivity contribution is 7.11. The van der Waals surface area contributed by atoms with Crippen molar-refractivity contribution in [2.45, 2.75) is 45.7 Å². The molecular formula is C22H25N3OS2. The summed E-state index contributed by atoms with van der Waals surface area (Å²) in [6, 6.07) is 10.8. The van der Waals surface area contributed by atoms with E-state index in [1.165, 1.54) is 16.0 Å².